The lowest BCUT2D eigenvalue weighted by Gasteiger charge is -2.30. The van der Waals surface area contributed by atoms with Crippen LogP contribution >= 0.6 is 0 Å². The van der Waals surface area contributed by atoms with E-state index >= 15 is 0 Å². The van der Waals surface area contributed by atoms with E-state index in [2.05, 4.69) is 6.92 Å². The lowest BCUT2D eigenvalue weighted by atomic mass is 10.0. The summed E-state index contributed by atoms with van der Waals surface area (Å²) in [5.74, 6) is -0.333. The fourth-order valence-electron chi connectivity index (χ4n) is 2.13. The Morgan fingerprint density at radius 2 is 2.14 bits per heavy atom. The Kier molecular flexibility index (Phi) is 14.0. The maximum absolute atomic E-state index is 9.97. The van der Waals surface area contributed by atoms with Crippen molar-refractivity contribution in [1.29, 1.82) is 5.26 Å². The van der Waals surface area contributed by atoms with Gasteiger partial charge in [-0.05, 0) is 19.3 Å². The van der Waals surface area contributed by atoms with Crippen molar-refractivity contribution in [3.63, 3.8) is 0 Å². The van der Waals surface area contributed by atoms with Crippen LogP contribution in [0.1, 0.15) is 58.3 Å². The van der Waals surface area contributed by atoms with Gasteiger partial charge in [0.1, 0.15) is 6.79 Å². The first-order chi connectivity index (χ1) is 10.7. The van der Waals surface area contributed by atoms with Crippen molar-refractivity contribution < 1.29 is 24.1 Å². The predicted molar refractivity (Wildman–Crippen MR) is 82.0 cm³/mol. The van der Waals surface area contributed by atoms with Gasteiger partial charge in [-0.2, -0.15) is 5.26 Å². The van der Waals surface area contributed by atoms with E-state index in [1.807, 2.05) is 6.07 Å². The molecule has 0 amide bonds. The highest BCUT2D eigenvalue weighted by Crippen LogP contribution is 2.20. The van der Waals surface area contributed by atoms with Gasteiger partial charge in [0, 0.05) is 25.9 Å². The molecule has 1 aliphatic heterocycles. The molecule has 0 aromatic heterocycles. The number of hydrogen-bond acceptors (Lipinski definition) is 5. The van der Waals surface area contributed by atoms with Gasteiger partial charge >= 0.3 is 5.97 Å². The molecule has 128 valence electrons. The number of nitriles is 1. The minimum atomic E-state index is -0.753. The van der Waals surface area contributed by atoms with Crippen LogP contribution in [-0.2, 0) is 19.0 Å². The Labute approximate surface area is 133 Å². The summed E-state index contributed by atoms with van der Waals surface area (Å²) < 4.78 is 15.7. The van der Waals surface area contributed by atoms with Crippen LogP contribution in [-0.4, -0.2) is 37.9 Å². The molecule has 2 unspecified atom stereocenters. The van der Waals surface area contributed by atoms with E-state index in [9.17, 15) is 4.79 Å². The van der Waals surface area contributed by atoms with Crippen molar-refractivity contribution in [2.24, 2.45) is 5.92 Å². The lowest BCUT2D eigenvalue weighted by molar-refractivity contribution is -0.256. The molecule has 1 rings (SSSR count). The van der Waals surface area contributed by atoms with Gasteiger partial charge in [-0.25, -0.2) is 0 Å². The third kappa shape index (κ3) is 11.5. The Balaban J connectivity index is 0.000000409. The third-order valence-electron chi connectivity index (χ3n) is 3.37. The van der Waals surface area contributed by atoms with E-state index in [4.69, 9.17) is 24.6 Å². The van der Waals surface area contributed by atoms with Crippen molar-refractivity contribution in [2.45, 2.75) is 64.6 Å². The van der Waals surface area contributed by atoms with E-state index in [0.717, 1.165) is 25.9 Å². The highest BCUT2D eigenvalue weighted by molar-refractivity contribution is 5.66. The zero-order chi connectivity index (χ0) is 16.6. The summed E-state index contributed by atoms with van der Waals surface area (Å²) in [6.45, 7) is 3.34. The van der Waals surface area contributed by atoms with Crippen LogP contribution in [0, 0.1) is 17.2 Å². The average molecular weight is 315 g/mol. The van der Waals surface area contributed by atoms with Gasteiger partial charge in [-0.15, -0.1) is 0 Å². The first kappa shape index (κ1) is 20.8. The number of nitrogens with zero attached hydrogens (tertiary/aromatic N) is 1. The molecule has 0 aromatic rings. The molecule has 0 aromatic carbocycles. The SMILES string of the molecule is CCCCC1COCOC1OC.N#CCCCCCC(=O)O. The number of carboxylic acid groups (broad SMARTS) is 1. The molecule has 0 saturated carbocycles. The minimum absolute atomic E-state index is 0.0506. The fourth-order valence-corrected chi connectivity index (χ4v) is 2.13. The Bertz CT molecular complexity index is 316. The van der Waals surface area contributed by atoms with Crippen molar-refractivity contribution in [1.82, 2.24) is 0 Å². The Morgan fingerprint density at radius 1 is 1.36 bits per heavy atom. The van der Waals surface area contributed by atoms with E-state index in [1.165, 1.54) is 12.8 Å². The van der Waals surface area contributed by atoms with Gasteiger partial charge in [0.25, 0.3) is 0 Å². The van der Waals surface area contributed by atoms with Crippen LogP contribution in [0.25, 0.3) is 0 Å². The van der Waals surface area contributed by atoms with Crippen molar-refractivity contribution in [3.8, 4) is 6.07 Å². The molecule has 1 fully saturated rings. The Morgan fingerprint density at radius 3 is 2.73 bits per heavy atom. The summed E-state index contributed by atoms with van der Waals surface area (Å²) in [7, 11) is 1.69. The molecular formula is C16H29NO5. The van der Waals surface area contributed by atoms with E-state index in [-0.39, 0.29) is 12.7 Å². The highest BCUT2D eigenvalue weighted by Gasteiger charge is 2.25. The molecule has 6 heteroatoms. The van der Waals surface area contributed by atoms with Crippen LogP contribution in [0.5, 0.6) is 0 Å². The summed E-state index contributed by atoms with van der Waals surface area (Å²) in [4.78, 5) is 9.97. The van der Waals surface area contributed by atoms with Gasteiger partial charge in [0.15, 0.2) is 6.29 Å². The van der Waals surface area contributed by atoms with Crippen molar-refractivity contribution in [2.75, 3.05) is 20.5 Å². The van der Waals surface area contributed by atoms with E-state index in [1.54, 1.807) is 7.11 Å². The highest BCUT2D eigenvalue weighted by atomic mass is 16.8. The molecule has 1 saturated heterocycles. The number of methoxy groups -OCH3 is 1. The fraction of sp³-hybridized carbons (Fsp3) is 0.875. The quantitative estimate of drug-likeness (QED) is 0.657. The van der Waals surface area contributed by atoms with Crippen molar-refractivity contribution in [3.05, 3.63) is 0 Å². The molecule has 6 nitrogen and oxygen atoms in total. The van der Waals surface area contributed by atoms with Crippen LogP contribution in [0.15, 0.2) is 0 Å². The standard InChI is InChI=1S/C9H18O3.C7H11NO2/c1-3-4-5-8-6-11-7-12-9(8)10-2;8-6-4-2-1-3-5-7(9)10/h8-9H,3-7H2,1-2H3;1-5H2,(H,9,10). The van der Waals surface area contributed by atoms with Gasteiger partial charge in [0.2, 0.25) is 0 Å². The van der Waals surface area contributed by atoms with Gasteiger partial charge < -0.3 is 19.3 Å². The summed E-state index contributed by atoms with van der Waals surface area (Å²) in [6.07, 6.45) is 6.65. The number of unbranched alkanes of at least 4 members (excludes halogenated alkanes) is 4. The summed E-state index contributed by atoms with van der Waals surface area (Å²) in [6, 6.07) is 2.01. The minimum Gasteiger partial charge on any atom is -0.481 e. The molecular weight excluding hydrogens is 286 g/mol. The summed E-state index contributed by atoms with van der Waals surface area (Å²) in [5, 5.41) is 16.3. The molecule has 1 heterocycles. The molecule has 2 atom stereocenters. The molecule has 1 aliphatic rings. The smallest absolute Gasteiger partial charge is 0.303 e. The zero-order valence-corrected chi connectivity index (χ0v) is 13.8. The summed E-state index contributed by atoms with van der Waals surface area (Å²) in [5.41, 5.74) is 0. The largest absolute Gasteiger partial charge is 0.481 e. The van der Waals surface area contributed by atoms with Crippen LogP contribution in [0.3, 0.4) is 0 Å². The molecule has 0 spiro atoms. The molecule has 22 heavy (non-hydrogen) atoms. The zero-order valence-electron chi connectivity index (χ0n) is 13.8. The van der Waals surface area contributed by atoms with Crippen LogP contribution < -0.4 is 0 Å². The van der Waals surface area contributed by atoms with E-state index in [0.29, 0.717) is 25.6 Å². The van der Waals surface area contributed by atoms with Gasteiger partial charge in [-0.3, -0.25) is 4.79 Å². The average Bonchev–Trinajstić information content (AvgIpc) is 2.53. The number of aliphatic carboxylic acids is 1. The maximum Gasteiger partial charge on any atom is 0.303 e. The maximum atomic E-state index is 9.97. The van der Waals surface area contributed by atoms with Crippen molar-refractivity contribution >= 4 is 5.97 Å². The summed E-state index contributed by atoms with van der Waals surface area (Å²) >= 11 is 0. The second-order valence-electron chi connectivity index (χ2n) is 5.27. The van der Waals surface area contributed by atoms with Crippen LogP contribution in [0.4, 0.5) is 0 Å². The number of rotatable bonds is 9. The molecule has 0 aliphatic carbocycles. The number of hydrogen-bond donors (Lipinski definition) is 1. The first-order valence-corrected chi connectivity index (χ1v) is 7.96. The first-order valence-electron chi connectivity index (χ1n) is 7.96. The van der Waals surface area contributed by atoms with Gasteiger partial charge in [0.05, 0.1) is 12.7 Å². The number of carbonyl (C=O) groups is 1. The van der Waals surface area contributed by atoms with E-state index < -0.39 is 5.97 Å². The molecule has 0 radical (unpaired) electrons. The topological polar surface area (TPSA) is 88.8 Å². The molecule has 1 N–H and O–H groups in total. The monoisotopic (exact) mass is 315 g/mol. The predicted octanol–water partition coefficient (Wildman–Crippen LogP) is 3.31. The van der Waals surface area contributed by atoms with Gasteiger partial charge in [-0.1, -0.05) is 26.2 Å². The second-order valence-corrected chi connectivity index (χ2v) is 5.27. The molecule has 0 bridgehead atoms. The number of carboxylic acids is 1. The normalized spacial score (nSPS) is 20.6. The Hall–Kier alpha value is -1.16. The second kappa shape index (κ2) is 14.8. The lowest BCUT2D eigenvalue weighted by Crippen LogP contribution is -2.35. The third-order valence-corrected chi connectivity index (χ3v) is 3.37. The van der Waals surface area contributed by atoms with Crippen LogP contribution in [0.2, 0.25) is 0 Å². The number of ether oxygens (including phenoxy) is 3.